The topological polar surface area (TPSA) is 74.7 Å². The summed E-state index contributed by atoms with van der Waals surface area (Å²) in [6, 6.07) is -0.923. The number of nitrogens with zero attached hydrogens (tertiary/aromatic N) is 1. The number of aliphatic carboxylic acids is 1. The summed E-state index contributed by atoms with van der Waals surface area (Å²) in [6.07, 6.45) is 2.37. The van der Waals surface area contributed by atoms with E-state index in [1.807, 2.05) is 6.92 Å². The minimum Gasteiger partial charge on any atom is -0.480 e. The quantitative estimate of drug-likeness (QED) is 0.742. The molecule has 1 aliphatic rings. The van der Waals surface area contributed by atoms with E-state index in [1.54, 1.807) is 0 Å². The molecule has 0 amide bonds. The smallest absolute Gasteiger partial charge is 0.322 e. The van der Waals surface area contributed by atoms with Crippen molar-refractivity contribution in [2.45, 2.75) is 25.8 Å². The molecule has 0 spiro atoms. The molecule has 1 fully saturated rings. The first-order valence-electron chi connectivity index (χ1n) is 5.21. The number of carboxylic acids is 1. The summed E-state index contributed by atoms with van der Waals surface area (Å²) < 4.78 is 24.7. The Bertz CT molecular complexity index is 376. The third-order valence-corrected chi connectivity index (χ3v) is 4.59. The number of hydrogen-bond donors (Lipinski definition) is 1. The first kappa shape index (κ1) is 13.2. The van der Waals surface area contributed by atoms with Crippen LogP contribution in [0.25, 0.3) is 0 Å². The minimum atomic E-state index is -3.52. The molecule has 0 aromatic rings. The van der Waals surface area contributed by atoms with Gasteiger partial charge in [-0.3, -0.25) is 4.79 Å². The van der Waals surface area contributed by atoms with Gasteiger partial charge in [0.1, 0.15) is 6.04 Å². The van der Waals surface area contributed by atoms with Crippen molar-refractivity contribution in [1.82, 2.24) is 4.31 Å². The van der Waals surface area contributed by atoms with Crippen molar-refractivity contribution < 1.29 is 18.3 Å². The monoisotopic (exact) mass is 247 g/mol. The van der Waals surface area contributed by atoms with Crippen molar-refractivity contribution >= 4 is 16.0 Å². The van der Waals surface area contributed by atoms with Crippen LogP contribution in [0.15, 0.2) is 12.7 Å². The van der Waals surface area contributed by atoms with Crippen LogP contribution >= 0.6 is 0 Å². The maximum atomic E-state index is 11.8. The Hall–Kier alpha value is -0.880. The van der Waals surface area contributed by atoms with Gasteiger partial charge in [-0.05, 0) is 18.8 Å². The molecule has 0 aromatic heterocycles. The van der Waals surface area contributed by atoms with Crippen LogP contribution in [0, 0.1) is 5.92 Å². The highest BCUT2D eigenvalue weighted by Gasteiger charge is 2.38. The fraction of sp³-hybridized carbons (Fsp3) is 0.700. The molecule has 0 radical (unpaired) electrons. The summed E-state index contributed by atoms with van der Waals surface area (Å²) in [7, 11) is -3.52. The number of hydrogen-bond acceptors (Lipinski definition) is 3. The van der Waals surface area contributed by atoms with Crippen LogP contribution in [0.2, 0.25) is 0 Å². The number of carboxylic acid groups (broad SMARTS) is 1. The Labute approximate surface area is 95.8 Å². The number of rotatable bonds is 4. The molecular formula is C10H17NO4S. The normalized spacial score (nSPS) is 27.6. The molecule has 6 heteroatoms. The van der Waals surface area contributed by atoms with Crippen LogP contribution < -0.4 is 0 Å². The number of piperidine rings is 1. The largest absolute Gasteiger partial charge is 0.480 e. The summed E-state index contributed by atoms with van der Waals surface area (Å²) in [5.74, 6) is -1.03. The second-order valence-corrected chi connectivity index (χ2v) is 6.13. The van der Waals surface area contributed by atoms with Crippen LogP contribution in [0.3, 0.4) is 0 Å². The lowest BCUT2D eigenvalue weighted by Gasteiger charge is -2.34. The summed E-state index contributed by atoms with van der Waals surface area (Å²) in [5.41, 5.74) is 0. The van der Waals surface area contributed by atoms with Gasteiger partial charge in [-0.2, -0.15) is 4.31 Å². The number of carbonyl (C=O) groups is 1. The third-order valence-electron chi connectivity index (χ3n) is 2.79. The van der Waals surface area contributed by atoms with Gasteiger partial charge in [0.05, 0.1) is 5.75 Å². The lowest BCUT2D eigenvalue weighted by atomic mass is 9.94. The molecule has 2 unspecified atom stereocenters. The van der Waals surface area contributed by atoms with Gasteiger partial charge in [0.15, 0.2) is 0 Å². The first-order valence-corrected chi connectivity index (χ1v) is 6.82. The standard InChI is InChI=1S/C10H17NO4S/c1-3-6-16(14,15)11-5-4-8(2)7-9(11)10(12)13/h3,8-9H,1,4-7H2,2H3,(H,12,13). The molecule has 1 heterocycles. The van der Waals surface area contributed by atoms with E-state index in [0.717, 1.165) is 4.31 Å². The van der Waals surface area contributed by atoms with Crippen LogP contribution in [0.4, 0.5) is 0 Å². The molecule has 5 nitrogen and oxygen atoms in total. The van der Waals surface area contributed by atoms with E-state index in [1.165, 1.54) is 6.08 Å². The molecular weight excluding hydrogens is 230 g/mol. The van der Waals surface area contributed by atoms with Crippen LogP contribution in [-0.4, -0.2) is 42.1 Å². The highest BCUT2D eigenvalue weighted by atomic mass is 32.2. The molecule has 0 aliphatic carbocycles. The highest BCUT2D eigenvalue weighted by molar-refractivity contribution is 7.89. The van der Waals surface area contributed by atoms with Crippen molar-refractivity contribution in [2.75, 3.05) is 12.3 Å². The lowest BCUT2D eigenvalue weighted by molar-refractivity contribution is -0.142. The minimum absolute atomic E-state index is 0.203. The zero-order chi connectivity index (χ0) is 12.3. The van der Waals surface area contributed by atoms with Crippen LogP contribution in [-0.2, 0) is 14.8 Å². The SMILES string of the molecule is C=CCS(=O)(=O)N1CCC(C)CC1C(=O)O. The third kappa shape index (κ3) is 2.82. The Morgan fingerprint density at radius 2 is 2.25 bits per heavy atom. The molecule has 1 N–H and O–H groups in total. The van der Waals surface area contributed by atoms with Crippen molar-refractivity contribution in [3.05, 3.63) is 12.7 Å². The van der Waals surface area contributed by atoms with Gasteiger partial charge in [-0.1, -0.05) is 13.0 Å². The molecule has 0 aromatic carbocycles. The van der Waals surface area contributed by atoms with Gasteiger partial charge in [0.25, 0.3) is 0 Å². The van der Waals surface area contributed by atoms with E-state index in [2.05, 4.69) is 6.58 Å². The second-order valence-electron chi connectivity index (χ2n) is 4.16. The summed E-state index contributed by atoms with van der Waals surface area (Å²) in [5, 5.41) is 9.03. The van der Waals surface area contributed by atoms with Crippen LogP contribution in [0.1, 0.15) is 19.8 Å². The second kappa shape index (κ2) is 4.97. The Balaban J connectivity index is 2.93. The zero-order valence-corrected chi connectivity index (χ0v) is 10.1. The van der Waals surface area contributed by atoms with Crippen LogP contribution in [0.5, 0.6) is 0 Å². The van der Waals surface area contributed by atoms with Gasteiger partial charge in [-0.25, -0.2) is 8.42 Å². The predicted octanol–water partition coefficient (Wildman–Crippen LogP) is 0.687. The zero-order valence-electron chi connectivity index (χ0n) is 9.30. The number of sulfonamides is 1. The summed E-state index contributed by atoms with van der Waals surface area (Å²) in [4.78, 5) is 11.0. The van der Waals surface area contributed by atoms with E-state index in [4.69, 9.17) is 5.11 Å². The molecule has 16 heavy (non-hydrogen) atoms. The van der Waals surface area contributed by atoms with E-state index in [0.29, 0.717) is 12.8 Å². The average molecular weight is 247 g/mol. The Morgan fingerprint density at radius 3 is 2.75 bits per heavy atom. The predicted molar refractivity (Wildman–Crippen MR) is 60.5 cm³/mol. The van der Waals surface area contributed by atoms with Gasteiger partial charge >= 0.3 is 5.97 Å². The van der Waals surface area contributed by atoms with E-state index in [-0.39, 0.29) is 18.2 Å². The van der Waals surface area contributed by atoms with Crippen molar-refractivity contribution in [3.63, 3.8) is 0 Å². The maximum Gasteiger partial charge on any atom is 0.322 e. The fourth-order valence-electron chi connectivity index (χ4n) is 1.92. The van der Waals surface area contributed by atoms with E-state index >= 15 is 0 Å². The Morgan fingerprint density at radius 1 is 1.62 bits per heavy atom. The fourth-order valence-corrected chi connectivity index (χ4v) is 3.36. The maximum absolute atomic E-state index is 11.8. The molecule has 92 valence electrons. The van der Waals surface area contributed by atoms with Gasteiger partial charge in [0, 0.05) is 6.54 Å². The average Bonchev–Trinajstić information content (AvgIpc) is 2.16. The summed E-state index contributed by atoms with van der Waals surface area (Å²) >= 11 is 0. The molecule has 2 atom stereocenters. The van der Waals surface area contributed by atoms with Crippen molar-refractivity contribution in [3.8, 4) is 0 Å². The van der Waals surface area contributed by atoms with Crippen molar-refractivity contribution in [2.24, 2.45) is 5.92 Å². The van der Waals surface area contributed by atoms with Gasteiger partial charge < -0.3 is 5.11 Å². The molecule has 0 saturated carbocycles. The molecule has 1 rings (SSSR count). The molecule has 0 bridgehead atoms. The van der Waals surface area contributed by atoms with E-state index < -0.39 is 22.0 Å². The van der Waals surface area contributed by atoms with Gasteiger partial charge in [0.2, 0.25) is 10.0 Å². The molecule has 1 aliphatic heterocycles. The molecule has 1 saturated heterocycles. The van der Waals surface area contributed by atoms with Crippen molar-refractivity contribution in [1.29, 1.82) is 0 Å². The van der Waals surface area contributed by atoms with Gasteiger partial charge in [-0.15, -0.1) is 6.58 Å². The highest BCUT2D eigenvalue weighted by Crippen LogP contribution is 2.25. The lowest BCUT2D eigenvalue weighted by Crippen LogP contribution is -2.50. The Kier molecular flexibility index (Phi) is 4.09. The summed E-state index contributed by atoms with van der Waals surface area (Å²) in [6.45, 7) is 5.60. The van der Waals surface area contributed by atoms with E-state index in [9.17, 15) is 13.2 Å². The first-order chi connectivity index (χ1) is 7.38.